The summed E-state index contributed by atoms with van der Waals surface area (Å²) in [6.45, 7) is 1.75. The number of fused-ring (bicyclic) bond motifs is 1. The average molecular weight is 339 g/mol. The summed E-state index contributed by atoms with van der Waals surface area (Å²) in [6.07, 6.45) is 5.47. The number of rotatable bonds is 2. The molecule has 1 aromatic heterocycles. The Kier molecular flexibility index (Phi) is 4.03. The monoisotopic (exact) mass is 338 g/mol. The maximum Gasteiger partial charge on any atom is 0.253 e. The van der Waals surface area contributed by atoms with Crippen LogP contribution in [0.5, 0.6) is 0 Å². The molecule has 2 heterocycles. The molecule has 0 aliphatic carbocycles. The highest BCUT2D eigenvalue weighted by Crippen LogP contribution is 2.24. The lowest BCUT2D eigenvalue weighted by Crippen LogP contribution is -2.35. The van der Waals surface area contributed by atoms with E-state index in [9.17, 15) is 4.79 Å². The smallest absolute Gasteiger partial charge is 0.253 e. The third-order valence-corrected chi connectivity index (χ3v) is 4.90. The minimum Gasteiger partial charge on any atom is -0.339 e. The van der Waals surface area contributed by atoms with Crippen molar-refractivity contribution in [2.75, 3.05) is 13.1 Å². The molecule has 4 heteroatoms. The summed E-state index contributed by atoms with van der Waals surface area (Å²) in [5.74, 6) is 0.145. The number of aromatic nitrogens is 1. The van der Waals surface area contributed by atoms with Crippen LogP contribution in [0.4, 0.5) is 0 Å². The number of likely N-dealkylation sites (tertiary alicyclic amines) is 1. The Morgan fingerprint density at radius 1 is 0.958 bits per heavy atom. The number of hydrogen-bond donors (Lipinski definition) is 0. The first kappa shape index (κ1) is 15.3. The van der Waals surface area contributed by atoms with Crippen molar-refractivity contribution in [3.63, 3.8) is 0 Å². The molecule has 1 amide bonds. The van der Waals surface area contributed by atoms with Crippen LogP contribution in [-0.4, -0.2) is 28.5 Å². The van der Waals surface area contributed by atoms with Crippen molar-refractivity contribution in [1.82, 2.24) is 9.47 Å². The lowest BCUT2D eigenvalue weighted by atomic mass is 10.1. The summed E-state index contributed by atoms with van der Waals surface area (Å²) >= 11 is 6.10. The number of piperidine rings is 1. The third kappa shape index (κ3) is 2.80. The second-order valence-electron chi connectivity index (χ2n) is 6.29. The summed E-state index contributed by atoms with van der Waals surface area (Å²) in [5.41, 5.74) is 2.87. The summed E-state index contributed by atoms with van der Waals surface area (Å²) in [6, 6.07) is 15.8. The van der Waals surface area contributed by atoms with Gasteiger partial charge in [0.05, 0.1) is 5.52 Å². The van der Waals surface area contributed by atoms with Gasteiger partial charge in [-0.1, -0.05) is 17.7 Å². The predicted molar refractivity (Wildman–Crippen MR) is 98.0 cm³/mol. The second kappa shape index (κ2) is 6.33. The SMILES string of the molecule is O=C(c1ccc2c(ccn2-c2cccc(Cl)c2)c1)N1CCCCC1. The number of carbonyl (C=O) groups excluding carboxylic acids is 1. The molecule has 1 aliphatic heterocycles. The van der Waals surface area contributed by atoms with Crippen molar-refractivity contribution < 1.29 is 4.79 Å². The summed E-state index contributed by atoms with van der Waals surface area (Å²) in [4.78, 5) is 14.6. The molecule has 0 N–H and O–H groups in total. The molecule has 1 saturated heterocycles. The van der Waals surface area contributed by atoms with Crippen molar-refractivity contribution in [3.8, 4) is 5.69 Å². The van der Waals surface area contributed by atoms with Crippen molar-refractivity contribution in [1.29, 1.82) is 0 Å². The van der Waals surface area contributed by atoms with Crippen molar-refractivity contribution in [2.24, 2.45) is 0 Å². The Labute approximate surface area is 146 Å². The van der Waals surface area contributed by atoms with E-state index in [0.29, 0.717) is 5.02 Å². The number of carbonyl (C=O) groups is 1. The van der Waals surface area contributed by atoms with Crippen LogP contribution in [0.2, 0.25) is 5.02 Å². The normalized spacial score (nSPS) is 15.0. The maximum absolute atomic E-state index is 12.7. The number of benzene rings is 2. The van der Waals surface area contributed by atoms with Gasteiger partial charge in [-0.25, -0.2) is 0 Å². The molecule has 0 radical (unpaired) electrons. The largest absolute Gasteiger partial charge is 0.339 e. The molecule has 3 aromatic rings. The maximum atomic E-state index is 12.7. The zero-order valence-corrected chi connectivity index (χ0v) is 14.2. The van der Waals surface area contributed by atoms with Gasteiger partial charge in [0.15, 0.2) is 0 Å². The molecule has 4 rings (SSSR count). The molecule has 122 valence electrons. The van der Waals surface area contributed by atoms with Gasteiger partial charge in [0.25, 0.3) is 5.91 Å². The summed E-state index contributed by atoms with van der Waals surface area (Å²) < 4.78 is 2.09. The van der Waals surface area contributed by atoms with Crippen LogP contribution >= 0.6 is 11.6 Å². The Bertz CT molecular complexity index is 894. The number of hydrogen-bond acceptors (Lipinski definition) is 1. The zero-order valence-electron chi connectivity index (χ0n) is 13.4. The summed E-state index contributed by atoms with van der Waals surface area (Å²) in [7, 11) is 0. The third-order valence-electron chi connectivity index (χ3n) is 4.67. The standard InChI is InChI=1S/C20H19ClN2O/c21-17-5-4-6-18(14-17)23-12-9-15-13-16(7-8-19(15)23)20(24)22-10-2-1-3-11-22/h4-9,12-14H,1-3,10-11H2. The Hall–Kier alpha value is -2.26. The van der Waals surface area contributed by atoms with Crippen LogP contribution in [-0.2, 0) is 0 Å². The Morgan fingerprint density at radius 2 is 1.79 bits per heavy atom. The van der Waals surface area contributed by atoms with Crippen LogP contribution in [0.1, 0.15) is 29.6 Å². The highest BCUT2D eigenvalue weighted by molar-refractivity contribution is 6.30. The van der Waals surface area contributed by atoms with E-state index in [1.165, 1.54) is 6.42 Å². The fraction of sp³-hybridized carbons (Fsp3) is 0.250. The predicted octanol–water partition coefficient (Wildman–Crippen LogP) is 4.91. The van der Waals surface area contributed by atoms with E-state index in [-0.39, 0.29) is 5.91 Å². The topological polar surface area (TPSA) is 25.2 Å². The van der Waals surface area contributed by atoms with Gasteiger partial charge in [0.2, 0.25) is 0 Å². The highest BCUT2D eigenvalue weighted by atomic mass is 35.5. The molecule has 0 atom stereocenters. The Balaban J connectivity index is 1.69. The number of amides is 1. The number of halogens is 1. The molecule has 0 bridgehead atoms. The van der Waals surface area contributed by atoms with Crippen LogP contribution in [0.3, 0.4) is 0 Å². The molecular weight excluding hydrogens is 320 g/mol. The summed E-state index contributed by atoms with van der Waals surface area (Å²) in [5, 5.41) is 1.78. The quantitative estimate of drug-likeness (QED) is 0.651. The molecule has 1 fully saturated rings. The molecule has 0 unspecified atom stereocenters. The number of nitrogens with zero attached hydrogens (tertiary/aromatic N) is 2. The molecule has 24 heavy (non-hydrogen) atoms. The van der Waals surface area contributed by atoms with Gasteiger partial charge in [-0.15, -0.1) is 0 Å². The van der Waals surface area contributed by atoms with Crippen molar-refractivity contribution in [3.05, 3.63) is 65.3 Å². The van der Waals surface area contributed by atoms with E-state index >= 15 is 0 Å². The van der Waals surface area contributed by atoms with Gasteiger partial charge in [0, 0.05) is 40.9 Å². The van der Waals surface area contributed by atoms with E-state index in [1.54, 1.807) is 0 Å². The van der Waals surface area contributed by atoms with Crippen molar-refractivity contribution >= 4 is 28.4 Å². The lowest BCUT2D eigenvalue weighted by molar-refractivity contribution is 0.0724. The first-order valence-electron chi connectivity index (χ1n) is 8.39. The van der Waals surface area contributed by atoms with Gasteiger partial charge in [-0.2, -0.15) is 0 Å². The first-order chi connectivity index (χ1) is 11.7. The van der Waals surface area contributed by atoms with E-state index in [0.717, 1.165) is 48.1 Å². The molecule has 1 aliphatic rings. The van der Waals surface area contributed by atoms with Crippen LogP contribution in [0.25, 0.3) is 16.6 Å². The molecular formula is C20H19ClN2O. The first-order valence-corrected chi connectivity index (χ1v) is 8.76. The van der Waals surface area contributed by atoms with Gasteiger partial charge >= 0.3 is 0 Å². The minimum atomic E-state index is 0.145. The highest BCUT2D eigenvalue weighted by Gasteiger charge is 2.18. The minimum absolute atomic E-state index is 0.145. The van der Waals surface area contributed by atoms with Crippen LogP contribution in [0.15, 0.2) is 54.7 Å². The molecule has 2 aromatic carbocycles. The molecule has 3 nitrogen and oxygen atoms in total. The van der Waals surface area contributed by atoms with Gasteiger partial charge in [-0.05, 0) is 61.7 Å². The van der Waals surface area contributed by atoms with Crippen LogP contribution < -0.4 is 0 Å². The fourth-order valence-electron chi connectivity index (χ4n) is 3.41. The zero-order chi connectivity index (χ0) is 16.5. The van der Waals surface area contributed by atoms with E-state index in [1.807, 2.05) is 59.6 Å². The van der Waals surface area contributed by atoms with Gasteiger partial charge < -0.3 is 9.47 Å². The fourth-order valence-corrected chi connectivity index (χ4v) is 3.59. The van der Waals surface area contributed by atoms with Crippen LogP contribution in [0, 0.1) is 0 Å². The second-order valence-corrected chi connectivity index (χ2v) is 6.73. The van der Waals surface area contributed by atoms with Gasteiger partial charge in [-0.3, -0.25) is 4.79 Å². The lowest BCUT2D eigenvalue weighted by Gasteiger charge is -2.26. The van der Waals surface area contributed by atoms with E-state index in [2.05, 4.69) is 4.57 Å². The molecule has 0 spiro atoms. The van der Waals surface area contributed by atoms with E-state index in [4.69, 9.17) is 11.6 Å². The van der Waals surface area contributed by atoms with Crippen molar-refractivity contribution in [2.45, 2.75) is 19.3 Å². The average Bonchev–Trinajstić information content (AvgIpc) is 3.05. The van der Waals surface area contributed by atoms with Gasteiger partial charge in [0.1, 0.15) is 0 Å². The molecule has 0 saturated carbocycles. The Morgan fingerprint density at radius 3 is 2.58 bits per heavy atom. The van der Waals surface area contributed by atoms with E-state index < -0.39 is 0 Å².